The van der Waals surface area contributed by atoms with Crippen LogP contribution in [0, 0.1) is 0 Å². The molecule has 0 unspecified atom stereocenters. The Labute approximate surface area is 178 Å². The molecule has 0 radical (unpaired) electrons. The summed E-state index contributed by atoms with van der Waals surface area (Å²) in [6.45, 7) is 1.73. The predicted molar refractivity (Wildman–Crippen MR) is 115 cm³/mol. The van der Waals surface area contributed by atoms with Crippen LogP contribution in [-0.4, -0.2) is 34.2 Å². The van der Waals surface area contributed by atoms with Crippen molar-refractivity contribution >= 4 is 29.1 Å². The fourth-order valence-corrected chi connectivity index (χ4v) is 2.64. The number of carbonyl (C=O) groups is 3. The van der Waals surface area contributed by atoms with Gasteiger partial charge in [-0.15, -0.1) is 0 Å². The summed E-state index contributed by atoms with van der Waals surface area (Å²) in [4.78, 5) is 43.2. The number of benzene rings is 2. The van der Waals surface area contributed by atoms with Crippen LogP contribution in [0.3, 0.4) is 0 Å². The van der Waals surface area contributed by atoms with Gasteiger partial charge in [0.1, 0.15) is 5.75 Å². The van der Waals surface area contributed by atoms with E-state index in [9.17, 15) is 14.4 Å². The van der Waals surface area contributed by atoms with Crippen LogP contribution in [0.2, 0.25) is 0 Å². The van der Waals surface area contributed by atoms with Crippen LogP contribution in [0.1, 0.15) is 12.5 Å². The van der Waals surface area contributed by atoms with Crippen molar-refractivity contribution in [3.63, 3.8) is 0 Å². The van der Waals surface area contributed by atoms with E-state index in [0.717, 1.165) is 5.56 Å². The molecule has 0 atom stereocenters. The van der Waals surface area contributed by atoms with Gasteiger partial charge in [-0.05, 0) is 36.2 Å². The molecule has 0 saturated heterocycles. The van der Waals surface area contributed by atoms with Crippen molar-refractivity contribution in [2.75, 3.05) is 17.2 Å². The van der Waals surface area contributed by atoms with Gasteiger partial charge < -0.3 is 20.7 Å². The van der Waals surface area contributed by atoms with E-state index in [1.165, 1.54) is 25.5 Å². The third-order valence-corrected chi connectivity index (χ3v) is 4.03. The standard InChI is InChI=1S/C22H21N5O4/c1-15(28)26-17-7-5-16(6-8-17)9-10-25-21(29)22(30)27-18-3-2-4-19(13-18)31-20-14-23-11-12-24-20/h2-8,11-14H,9-10H2,1H3,(H,25,29)(H,26,28)(H,27,30). The van der Waals surface area contributed by atoms with Crippen LogP contribution in [-0.2, 0) is 20.8 Å². The molecule has 9 heteroatoms. The molecule has 0 aliphatic rings. The van der Waals surface area contributed by atoms with Crippen LogP contribution in [0.5, 0.6) is 11.6 Å². The monoisotopic (exact) mass is 419 g/mol. The second-order valence-corrected chi connectivity index (χ2v) is 6.51. The number of nitrogens with zero attached hydrogens (tertiary/aromatic N) is 2. The van der Waals surface area contributed by atoms with E-state index in [1.807, 2.05) is 12.1 Å². The minimum atomic E-state index is -0.780. The molecule has 9 nitrogen and oxygen atoms in total. The minimum absolute atomic E-state index is 0.142. The summed E-state index contributed by atoms with van der Waals surface area (Å²) in [6.07, 6.45) is 5.04. The number of aromatic nitrogens is 2. The van der Waals surface area contributed by atoms with Crippen LogP contribution >= 0.6 is 0 Å². The molecule has 0 aliphatic carbocycles. The molecule has 3 amide bonds. The fourth-order valence-electron chi connectivity index (χ4n) is 2.64. The zero-order chi connectivity index (χ0) is 22.1. The Balaban J connectivity index is 1.46. The summed E-state index contributed by atoms with van der Waals surface area (Å²) in [7, 11) is 0. The summed E-state index contributed by atoms with van der Waals surface area (Å²) in [5.74, 6) is -0.903. The van der Waals surface area contributed by atoms with Crippen molar-refractivity contribution in [2.45, 2.75) is 13.3 Å². The molecule has 2 aromatic carbocycles. The maximum Gasteiger partial charge on any atom is 0.313 e. The number of hydrogen-bond acceptors (Lipinski definition) is 6. The highest BCUT2D eigenvalue weighted by Crippen LogP contribution is 2.22. The summed E-state index contributed by atoms with van der Waals surface area (Å²) in [6, 6.07) is 13.9. The molecule has 3 rings (SSSR count). The Hall–Kier alpha value is -4.27. The van der Waals surface area contributed by atoms with Crippen molar-refractivity contribution in [2.24, 2.45) is 0 Å². The first-order chi connectivity index (χ1) is 15.0. The lowest BCUT2D eigenvalue weighted by Gasteiger charge is -2.09. The lowest BCUT2D eigenvalue weighted by molar-refractivity contribution is -0.136. The van der Waals surface area contributed by atoms with E-state index in [2.05, 4.69) is 25.9 Å². The van der Waals surface area contributed by atoms with Crippen molar-refractivity contribution in [1.82, 2.24) is 15.3 Å². The van der Waals surface area contributed by atoms with Crippen molar-refractivity contribution in [3.8, 4) is 11.6 Å². The quantitative estimate of drug-likeness (QED) is 0.506. The first kappa shape index (κ1) is 21.4. The molecule has 158 valence electrons. The molecule has 1 aromatic heterocycles. The number of amides is 3. The van der Waals surface area contributed by atoms with Gasteiger partial charge >= 0.3 is 11.8 Å². The highest BCUT2D eigenvalue weighted by Gasteiger charge is 2.13. The normalized spacial score (nSPS) is 10.1. The van der Waals surface area contributed by atoms with E-state index in [0.29, 0.717) is 36.0 Å². The molecule has 0 fully saturated rings. The van der Waals surface area contributed by atoms with Gasteiger partial charge in [-0.1, -0.05) is 18.2 Å². The number of carbonyl (C=O) groups excluding carboxylic acids is 3. The molecule has 0 saturated carbocycles. The predicted octanol–water partition coefficient (Wildman–Crippen LogP) is 2.52. The Morgan fingerprint density at radius 2 is 1.74 bits per heavy atom. The van der Waals surface area contributed by atoms with Crippen molar-refractivity contribution < 1.29 is 19.1 Å². The lowest BCUT2D eigenvalue weighted by Crippen LogP contribution is -2.36. The summed E-state index contributed by atoms with van der Waals surface area (Å²) in [5, 5.41) is 7.80. The van der Waals surface area contributed by atoms with Gasteiger partial charge in [-0.3, -0.25) is 19.4 Å². The molecular formula is C22H21N5O4. The zero-order valence-electron chi connectivity index (χ0n) is 16.8. The van der Waals surface area contributed by atoms with Crippen LogP contribution in [0.4, 0.5) is 11.4 Å². The molecule has 0 bridgehead atoms. The lowest BCUT2D eigenvalue weighted by atomic mass is 10.1. The van der Waals surface area contributed by atoms with Crippen molar-refractivity contribution in [3.05, 3.63) is 72.7 Å². The van der Waals surface area contributed by atoms with Gasteiger partial charge in [0.2, 0.25) is 11.8 Å². The first-order valence-electron chi connectivity index (χ1n) is 9.49. The summed E-state index contributed by atoms with van der Waals surface area (Å²) in [5.41, 5.74) is 2.07. The molecular weight excluding hydrogens is 398 g/mol. The Bertz CT molecular complexity index is 1060. The van der Waals surface area contributed by atoms with Crippen LogP contribution < -0.4 is 20.7 Å². The number of ether oxygens (including phenoxy) is 1. The van der Waals surface area contributed by atoms with Crippen LogP contribution in [0.25, 0.3) is 0 Å². The third kappa shape index (κ3) is 6.93. The van der Waals surface area contributed by atoms with Gasteiger partial charge in [-0.2, -0.15) is 0 Å². The molecule has 3 aromatic rings. The number of nitrogens with one attached hydrogen (secondary N) is 3. The van der Waals surface area contributed by atoms with Gasteiger partial charge in [0.05, 0.1) is 6.20 Å². The Morgan fingerprint density at radius 3 is 2.45 bits per heavy atom. The highest BCUT2D eigenvalue weighted by atomic mass is 16.5. The maximum atomic E-state index is 12.1. The van der Waals surface area contributed by atoms with E-state index in [1.54, 1.807) is 36.4 Å². The van der Waals surface area contributed by atoms with Crippen LogP contribution in [0.15, 0.2) is 67.1 Å². The number of rotatable bonds is 7. The minimum Gasteiger partial charge on any atom is -0.437 e. The van der Waals surface area contributed by atoms with Gasteiger partial charge in [0.15, 0.2) is 0 Å². The topological polar surface area (TPSA) is 122 Å². The van der Waals surface area contributed by atoms with E-state index in [-0.39, 0.29) is 5.91 Å². The molecule has 31 heavy (non-hydrogen) atoms. The zero-order valence-corrected chi connectivity index (χ0v) is 16.8. The Morgan fingerprint density at radius 1 is 0.935 bits per heavy atom. The number of hydrogen-bond donors (Lipinski definition) is 3. The SMILES string of the molecule is CC(=O)Nc1ccc(CCNC(=O)C(=O)Nc2cccc(Oc3cnccn3)c2)cc1. The van der Waals surface area contributed by atoms with Gasteiger partial charge in [0.25, 0.3) is 0 Å². The third-order valence-electron chi connectivity index (χ3n) is 4.03. The van der Waals surface area contributed by atoms with E-state index in [4.69, 9.17) is 4.74 Å². The number of anilines is 2. The smallest absolute Gasteiger partial charge is 0.313 e. The Kier molecular flexibility index (Phi) is 7.26. The largest absolute Gasteiger partial charge is 0.437 e. The molecule has 1 heterocycles. The van der Waals surface area contributed by atoms with Gasteiger partial charge in [0, 0.05) is 43.3 Å². The first-order valence-corrected chi connectivity index (χ1v) is 9.49. The average Bonchev–Trinajstić information content (AvgIpc) is 2.75. The van der Waals surface area contributed by atoms with E-state index >= 15 is 0 Å². The summed E-state index contributed by atoms with van der Waals surface area (Å²) < 4.78 is 5.56. The molecule has 0 spiro atoms. The van der Waals surface area contributed by atoms with E-state index < -0.39 is 11.8 Å². The second kappa shape index (κ2) is 10.5. The van der Waals surface area contributed by atoms with Gasteiger partial charge in [-0.25, -0.2) is 4.98 Å². The second-order valence-electron chi connectivity index (χ2n) is 6.51. The fraction of sp³-hybridized carbons (Fsp3) is 0.136. The maximum absolute atomic E-state index is 12.1. The van der Waals surface area contributed by atoms with Crippen molar-refractivity contribution in [1.29, 1.82) is 0 Å². The average molecular weight is 419 g/mol. The molecule has 0 aliphatic heterocycles. The molecule has 3 N–H and O–H groups in total. The highest BCUT2D eigenvalue weighted by molar-refractivity contribution is 6.39. The summed E-state index contributed by atoms with van der Waals surface area (Å²) >= 11 is 0.